The van der Waals surface area contributed by atoms with Gasteiger partial charge in [-0.1, -0.05) is 30.3 Å². The molecule has 0 aliphatic heterocycles. The van der Waals surface area contributed by atoms with Gasteiger partial charge in [-0.15, -0.1) is 0 Å². The van der Waals surface area contributed by atoms with Gasteiger partial charge in [-0.25, -0.2) is 0 Å². The molecule has 0 fully saturated rings. The second kappa shape index (κ2) is 5.14. The molecule has 0 unspecified atom stereocenters. The summed E-state index contributed by atoms with van der Waals surface area (Å²) in [5.41, 5.74) is 1.66. The average Bonchev–Trinajstić information content (AvgIpc) is 2.93. The predicted octanol–water partition coefficient (Wildman–Crippen LogP) is 3.21. The molecule has 0 saturated heterocycles. The summed E-state index contributed by atoms with van der Waals surface area (Å²) in [7, 11) is 1.53. The zero-order valence-electron chi connectivity index (χ0n) is 11.4. The van der Waals surface area contributed by atoms with E-state index in [-0.39, 0.29) is 5.91 Å². The summed E-state index contributed by atoms with van der Waals surface area (Å²) in [6.45, 7) is 0. The van der Waals surface area contributed by atoms with Crippen molar-refractivity contribution in [2.24, 2.45) is 0 Å². The smallest absolute Gasteiger partial charge is 0.266 e. The van der Waals surface area contributed by atoms with Crippen molar-refractivity contribution in [2.45, 2.75) is 0 Å². The minimum atomic E-state index is -0.217. The predicted molar refractivity (Wildman–Crippen MR) is 79.4 cm³/mol. The summed E-state index contributed by atoms with van der Waals surface area (Å²) in [6, 6.07) is 16.5. The lowest BCUT2D eigenvalue weighted by atomic mass is 10.2. The number of aromatic nitrogens is 1. The van der Waals surface area contributed by atoms with Gasteiger partial charge in [-0.05, 0) is 18.2 Å². The molecule has 0 spiro atoms. The van der Waals surface area contributed by atoms with E-state index in [1.807, 2.05) is 30.3 Å². The first kappa shape index (κ1) is 12.9. The number of benzene rings is 2. The Morgan fingerprint density at radius 2 is 1.86 bits per heavy atom. The topological polar surface area (TPSA) is 55.0 Å². The highest BCUT2D eigenvalue weighted by molar-refractivity contribution is 6.05. The molecule has 0 aliphatic carbocycles. The highest BCUT2D eigenvalue weighted by atomic mass is 16.5. The Hall–Kier alpha value is -3.06. The molecule has 102 valence electrons. The second-order valence-corrected chi connectivity index (χ2v) is 4.55. The fraction of sp³-hybridized carbons (Fsp3) is 0.0588. The van der Waals surface area contributed by atoms with Crippen LogP contribution < -0.4 is 4.74 Å². The zero-order valence-corrected chi connectivity index (χ0v) is 11.4. The van der Waals surface area contributed by atoms with Gasteiger partial charge in [-0.3, -0.25) is 9.36 Å². The Morgan fingerprint density at radius 1 is 1.14 bits per heavy atom. The minimum Gasteiger partial charge on any atom is -0.496 e. The molecule has 4 heteroatoms. The number of hydrogen-bond acceptors (Lipinski definition) is 3. The van der Waals surface area contributed by atoms with E-state index in [1.165, 1.54) is 11.7 Å². The number of fused-ring (bicyclic) bond motifs is 1. The molecule has 0 bridgehead atoms. The monoisotopic (exact) mass is 276 g/mol. The Labute approximate surface area is 121 Å². The fourth-order valence-electron chi connectivity index (χ4n) is 2.39. The van der Waals surface area contributed by atoms with Crippen LogP contribution in [0.4, 0.5) is 0 Å². The first-order chi connectivity index (χ1) is 10.3. The summed E-state index contributed by atoms with van der Waals surface area (Å²) in [5.74, 6) is 0.295. The Balaban J connectivity index is 2.21. The van der Waals surface area contributed by atoms with Crippen LogP contribution in [-0.4, -0.2) is 17.6 Å². The summed E-state index contributed by atoms with van der Waals surface area (Å²) in [5, 5.41) is 9.97. The molecule has 1 heterocycles. The number of rotatable bonds is 2. The number of nitrogens with zero attached hydrogens (tertiary/aromatic N) is 2. The van der Waals surface area contributed by atoms with Crippen molar-refractivity contribution in [1.29, 1.82) is 5.26 Å². The van der Waals surface area contributed by atoms with Crippen molar-refractivity contribution in [1.82, 2.24) is 4.57 Å². The first-order valence-electron chi connectivity index (χ1n) is 6.44. The van der Waals surface area contributed by atoms with Crippen LogP contribution in [0.5, 0.6) is 5.75 Å². The summed E-state index contributed by atoms with van der Waals surface area (Å²) in [6.07, 6.45) is 1.57. The molecular weight excluding hydrogens is 264 g/mol. The van der Waals surface area contributed by atoms with Crippen molar-refractivity contribution in [3.05, 3.63) is 65.9 Å². The lowest BCUT2D eigenvalue weighted by Gasteiger charge is -2.08. The van der Waals surface area contributed by atoms with Crippen LogP contribution in [-0.2, 0) is 0 Å². The van der Waals surface area contributed by atoms with Crippen LogP contribution >= 0.6 is 0 Å². The normalized spacial score (nSPS) is 10.3. The Kier molecular flexibility index (Phi) is 3.17. The summed E-state index contributed by atoms with van der Waals surface area (Å²) < 4.78 is 6.73. The maximum absolute atomic E-state index is 12.7. The van der Waals surface area contributed by atoms with Crippen LogP contribution in [0.1, 0.15) is 15.9 Å². The maximum atomic E-state index is 12.7. The number of hydrogen-bond donors (Lipinski definition) is 0. The van der Waals surface area contributed by atoms with E-state index in [4.69, 9.17) is 4.74 Å². The first-order valence-corrected chi connectivity index (χ1v) is 6.44. The van der Waals surface area contributed by atoms with Crippen molar-refractivity contribution >= 4 is 16.8 Å². The minimum absolute atomic E-state index is 0.217. The molecule has 0 N–H and O–H groups in total. The highest BCUT2D eigenvalue weighted by Gasteiger charge is 2.17. The lowest BCUT2D eigenvalue weighted by Crippen LogP contribution is -2.12. The van der Waals surface area contributed by atoms with E-state index < -0.39 is 0 Å². The lowest BCUT2D eigenvalue weighted by molar-refractivity contribution is 0.0962. The number of nitriles is 1. The number of methoxy groups -OCH3 is 1. The third-order valence-electron chi connectivity index (χ3n) is 3.39. The third-order valence-corrected chi connectivity index (χ3v) is 3.39. The molecular formula is C17H12N2O2. The maximum Gasteiger partial charge on any atom is 0.266 e. The van der Waals surface area contributed by atoms with Gasteiger partial charge in [0.2, 0.25) is 0 Å². The van der Waals surface area contributed by atoms with Gasteiger partial charge >= 0.3 is 0 Å². The number of carbonyl (C=O) groups excluding carboxylic acids is 1. The van der Waals surface area contributed by atoms with Gasteiger partial charge in [0.05, 0.1) is 23.8 Å². The number of carbonyl (C=O) groups is 1. The Morgan fingerprint density at radius 3 is 2.62 bits per heavy atom. The van der Waals surface area contributed by atoms with Crippen LogP contribution in [0.25, 0.3) is 10.9 Å². The van der Waals surface area contributed by atoms with E-state index in [9.17, 15) is 10.1 Å². The molecule has 0 saturated carbocycles. The number of para-hydroxylation sites is 2. The highest BCUT2D eigenvalue weighted by Crippen LogP contribution is 2.24. The molecule has 0 aliphatic rings. The SMILES string of the molecule is COc1ccccc1C(=O)n1cc(C#N)c2ccccc21. The molecule has 1 aromatic heterocycles. The van der Waals surface area contributed by atoms with Gasteiger partial charge in [0.1, 0.15) is 11.8 Å². The van der Waals surface area contributed by atoms with Crippen LogP contribution in [0.3, 0.4) is 0 Å². The van der Waals surface area contributed by atoms with Gasteiger partial charge < -0.3 is 4.74 Å². The van der Waals surface area contributed by atoms with Gasteiger partial charge in [-0.2, -0.15) is 5.26 Å². The van der Waals surface area contributed by atoms with Crippen molar-refractivity contribution < 1.29 is 9.53 Å². The fourth-order valence-corrected chi connectivity index (χ4v) is 2.39. The largest absolute Gasteiger partial charge is 0.496 e. The molecule has 4 nitrogen and oxygen atoms in total. The van der Waals surface area contributed by atoms with Gasteiger partial charge in [0.25, 0.3) is 5.91 Å². The quantitative estimate of drug-likeness (QED) is 0.722. The molecule has 0 radical (unpaired) electrons. The molecule has 0 amide bonds. The molecule has 2 aromatic carbocycles. The molecule has 21 heavy (non-hydrogen) atoms. The van der Waals surface area contributed by atoms with Crippen LogP contribution in [0.15, 0.2) is 54.7 Å². The summed E-state index contributed by atoms with van der Waals surface area (Å²) in [4.78, 5) is 12.7. The molecule has 3 aromatic rings. The average molecular weight is 276 g/mol. The Bertz CT molecular complexity index is 872. The van der Waals surface area contributed by atoms with Gasteiger partial charge in [0, 0.05) is 11.6 Å². The third kappa shape index (κ3) is 2.05. The molecule has 3 rings (SSSR count). The second-order valence-electron chi connectivity index (χ2n) is 4.55. The van der Waals surface area contributed by atoms with Gasteiger partial charge in [0.15, 0.2) is 0 Å². The van der Waals surface area contributed by atoms with Crippen molar-refractivity contribution in [3.8, 4) is 11.8 Å². The standard InChI is InChI=1S/C17H12N2O2/c1-21-16-9-5-3-7-14(16)17(20)19-11-12(10-18)13-6-2-4-8-15(13)19/h2-9,11H,1H3. The van der Waals surface area contributed by atoms with E-state index in [1.54, 1.807) is 24.4 Å². The van der Waals surface area contributed by atoms with E-state index in [0.29, 0.717) is 22.4 Å². The van der Waals surface area contributed by atoms with E-state index >= 15 is 0 Å². The zero-order chi connectivity index (χ0) is 14.8. The van der Waals surface area contributed by atoms with Crippen LogP contribution in [0.2, 0.25) is 0 Å². The van der Waals surface area contributed by atoms with E-state index in [2.05, 4.69) is 6.07 Å². The van der Waals surface area contributed by atoms with E-state index in [0.717, 1.165) is 5.39 Å². The van der Waals surface area contributed by atoms with Crippen LogP contribution in [0, 0.1) is 11.3 Å². The number of ether oxygens (including phenoxy) is 1. The van der Waals surface area contributed by atoms with Crippen molar-refractivity contribution in [2.75, 3.05) is 7.11 Å². The summed E-state index contributed by atoms with van der Waals surface area (Å²) >= 11 is 0. The molecule has 0 atom stereocenters. The van der Waals surface area contributed by atoms with Crippen molar-refractivity contribution in [3.63, 3.8) is 0 Å².